The molecule has 30 heavy (non-hydrogen) atoms. The fourth-order valence-electron chi connectivity index (χ4n) is 3.73. The van der Waals surface area contributed by atoms with Gasteiger partial charge in [-0.2, -0.15) is 13.2 Å². The fourth-order valence-corrected chi connectivity index (χ4v) is 5.64. The summed E-state index contributed by atoms with van der Waals surface area (Å²) in [4.78, 5) is 11.6. The Morgan fingerprint density at radius 1 is 1.10 bits per heavy atom. The van der Waals surface area contributed by atoms with Gasteiger partial charge in [-0.25, -0.2) is 17.2 Å². The molecular weight excluding hydrogens is 431 g/mol. The molecule has 1 aromatic rings. The zero-order valence-electron chi connectivity index (χ0n) is 16.0. The second kappa shape index (κ2) is 8.41. The van der Waals surface area contributed by atoms with Gasteiger partial charge < -0.3 is 10.6 Å². The van der Waals surface area contributed by atoms with Gasteiger partial charge in [-0.05, 0) is 43.9 Å². The lowest BCUT2D eigenvalue weighted by Gasteiger charge is -2.35. The molecule has 168 valence electrons. The monoisotopic (exact) mass is 454 g/mol. The number of halogens is 5. The molecule has 1 aromatic carbocycles. The van der Waals surface area contributed by atoms with Crippen molar-refractivity contribution in [2.45, 2.75) is 72.9 Å². The Kier molecular flexibility index (Phi) is 6.43. The van der Waals surface area contributed by atoms with E-state index in [0.29, 0.717) is 6.07 Å². The van der Waals surface area contributed by atoms with Crippen LogP contribution < -0.4 is 10.6 Å². The van der Waals surface area contributed by atoms with Crippen LogP contribution in [0.2, 0.25) is 0 Å². The zero-order valence-corrected chi connectivity index (χ0v) is 16.8. The van der Waals surface area contributed by atoms with Crippen molar-refractivity contribution in [3.05, 3.63) is 29.8 Å². The van der Waals surface area contributed by atoms with E-state index in [0.717, 1.165) is 18.2 Å². The van der Waals surface area contributed by atoms with Crippen LogP contribution in [0, 0.1) is 0 Å². The Labute approximate surface area is 171 Å². The molecule has 3 rings (SSSR count). The van der Waals surface area contributed by atoms with Crippen LogP contribution in [0.25, 0.3) is 0 Å². The summed E-state index contributed by atoms with van der Waals surface area (Å²) in [6.45, 7) is -0.0755. The highest BCUT2D eigenvalue weighted by Crippen LogP contribution is 2.35. The van der Waals surface area contributed by atoms with Crippen LogP contribution in [-0.4, -0.2) is 44.1 Å². The third-order valence-corrected chi connectivity index (χ3v) is 7.83. The fraction of sp³-hybridized carbons (Fsp3) is 0.632. The summed E-state index contributed by atoms with van der Waals surface area (Å²) < 4.78 is 89.8. The number of hydrogen-bond acceptors (Lipinski definition) is 4. The highest BCUT2D eigenvalue weighted by Gasteiger charge is 2.41. The van der Waals surface area contributed by atoms with E-state index < -0.39 is 32.7 Å². The van der Waals surface area contributed by atoms with E-state index in [4.69, 9.17) is 0 Å². The molecule has 0 spiro atoms. The molecule has 2 N–H and O–H groups in total. The van der Waals surface area contributed by atoms with Crippen LogP contribution >= 0.6 is 0 Å². The minimum atomic E-state index is -4.63. The van der Waals surface area contributed by atoms with E-state index in [1.165, 1.54) is 0 Å². The molecule has 0 radical (unpaired) electrons. The van der Waals surface area contributed by atoms with Gasteiger partial charge in [0.05, 0.1) is 22.3 Å². The van der Waals surface area contributed by atoms with Gasteiger partial charge in [-0.15, -0.1) is 0 Å². The van der Waals surface area contributed by atoms with Crippen molar-refractivity contribution in [2.24, 2.45) is 0 Å². The molecular formula is C19H23F5N2O3S. The highest BCUT2D eigenvalue weighted by molar-refractivity contribution is 7.92. The maximum absolute atomic E-state index is 13.1. The average Bonchev–Trinajstić information content (AvgIpc) is 2.61. The first kappa shape index (κ1) is 22.9. The van der Waals surface area contributed by atoms with Crippen LogP contribution in [0.15, 0.2) is 29.2 Å². The van der Waals surface area contributed by atoms with Gasteiger partial charge in [0.2, 0.25) is 11.8 Å². The Hall–Kier alpha value is -1.75. The lowest BCUT2D eigenvalue weighted by Crippen LogP contribution is -2.51. The summed E-state index contributed by atoms with van der Waals surface area (Å²) in [6.07, 6.45) is -4.37. The van der Waals surface area contributed by atoms with Gasteiger partial charge in [0.15, 0.2) is 9.84 Å². The predicted molar refractivity (Wildman–Crippen MR) is 98.8 cm³/mol. The number of hydrogen-bond donors (Lipinski definition) is 2. The van der Waals surface area contributed by atoms with E-state index in [2.05, 4.69) is 10.6 Å². The first-order valence-electron chi connectivity index (χ1n) is 9.68. The second-order valence-corrected chi connectivity index (χ2v) is 10.2. The van der Waals surface area contributed by atoms with E-state index in [9.17, 15) is 35.2 Å². The molecule has 2 aliphatic carbocycles. The molecule has 5 nitrogen and oxygen atoms in total. The maximum atomic E-state index is 13.1. The molecule has 0 heterocycles. The zero-order chi connectivity index (χ0) is 22.2. The highest BCUT2D eigenvalue weighted by atomic mass is 32.2. The maximum Gasteiger partial charge on any atom is 0.416 e. The number of benzene rings is 1. The number of sulfone groups is 1. The standard InChI is InChI=1S/C19H23F5N2O3S/c20-18(21)6-4-13(5-7-18)26-17(27)11-25-14-9-16(10-14)30(28,29)15-3-1-2-12(8-15)19(22,23)24/h1-3,8,13-14,16,25H,4-7,9-11H2,(H,26,27)/t14-,16+. The summed E-state index contributed by atoms with van der Waals surface area (Å²) >= 11 is 0. The Morgan fingerprint density at radius 3 is 2.33 bits per heavy atom. The minimum absolute atomic E-state index is 0.0755. The molecule has 2 fully saturated rings. The largest absolute Gasteiger partial charge is 0.416 e. The molecule has 0 unspecified atom stereocenters. The molecule has 2 aliphatic rings. The molecule has 2 saturated carbocycles. The van der Waals surface area contributed by atoms with E-state index in [1.807, 2.05) is 0 Å². The number of rotatable bonds is 6. The van der Waals surface area contributed by atoms with Crippen molar-refractivity contribution in [3.8, 4) is 0 Å². The third kappa shape index (κ3) is 5.48. The lowest BCUT2D eigenvalue weighted by molar-refractivity contribution is -0.137. The van der Waals surface area contributed by atoms with Gasteiger partial charge in [0.25, 0.3) is 0 Å². The van der Waals surface area contributed by atoms with Crippen LogP contribution in [0.3, 0.4) is 0 Å². The summed E-state index contributed by atoms with van der Waals surface area (Å²) in [5.74, 6) is -3.03. The SMILES string of the molecule is O=C(CN[C@H]1C[C@@H](S(=O)(=O)c2cccc(C(F)(F)F)c2)C1)NC1CCC(F)(F)CC1. The van der Waals surface area contributed by atoms with Gasteiger partial charge in [0.1, 0.15) is 0 Å². The number of nitrogens with one attached hydrogen (secondary N) is 2. The minimum Gasteiger partial charge on any atom is -0.352 e. The van der Waals surface area contributed by atoms with Gasteiger partial charge in [0, 0.05) is 24.9 Å². The number of carbonyl (C=O) groups is 1. The average molecular weight is 454 g/mol. The number of alkyl halides is 5. The number of carbonyl (C=O) groups excluding carboxylic acids is 1. The molecule has 0 aliphatic heterocycles. The summed E-state index contributed by atoms with van der Waals surface area (Å²) in [6, 6.07) is 3.11. The summed E-state index contributed by atoms with van der Waals surface area (Å²) in [5.41, 5.74) is -1.02. The van der Waals surface area contributed by atoms with Crippen LogP contribution in [0.1, 0.15) is 44.1 Å². The van der Waals surface area contributed by atoms with Crippen LogP contribution in [-0.2, 0) is 20.8 Å². The van der Waals surface area contributed by atoms with Gasteiger partial charge in [-0.1, -0.05) is 6.07 Å². The van der Waals surface area contributed by atoms with Gasteiger partial charge >= 0.3 is 6.18 Å². The van der Waals surface area contributed by atoms with Crippen molar-refractivity contribution < 1.29 is 35.2 Å². The van der Waals surface area contributed by atoms with Crippen molar-refractivity contribution >= 4 is 15.7 Å². The first-order chi connectivity index (χ1) is 13.9. The van der Waals surface area contributed by atoms with Crippen molar-refractivity contribution in [1.82, 2.24) is 10.6 Å². The summed E-state index contributed by atoms with van der Waals surface area (Å²) in [5, 5.41) is 4.78. The molecule has 0 bridgehead atoms. The van der Waals surface area contributed by atoms with E-state index >= 15 is 0 Å². The Bertz CT molecular complexity index is 872. The first-order valence-corrected chi connectivity index (χ1v) is 11.2. The molecule has 11 heteroatoms. The van der Waals surface area contributed by atoms with E-state index in [1.54, 1.807) is 0 Å². The van der Waals surface area contributed by atoms with Crippen molar-refractivity contribution in [1.29, 1.82) is 0 Å². The smallest absolute Gasteiger partial charge is 0.352 e. The van der Waals surface area contributed by atoms with Crippen LogP contribution in [0.4, 0.5) is 22.0 Å². The quantitative estimate of drug-likeness (QED) is 0.647. The van der Waals surface area contributed by atoms with Crippen LogP contribution in [0.5, 0.6) is 0 Å². The van der Waals surface area contributed by atoms with Gasteiger partial charge in [-0.3, -0.25) is 4.79 Å². The second-order valence-electron chi connectivity index (χ2n) is 7.94. The Morgan fingerprint density at radius 2 is 1.73 bits per heavy atom. The summed E-state index contributed by atoms with van der Waals surface area (Å²) in [7, 11) is -3.90. The Balaban J connectivity index is 1.45. The topological polar surface area (TPSA) is 75.3 Å². The normalized spacial score (nSPS) is 24.8. The van der Waals surface area contributed by atoms with E-state index in [-0.39, 0.29) is 68.0 Å². The van der Waals surface area contributed by atoms with Crippen molar-refractivity contribution in [2.75, 3.05) is 6.54 Å². The van der Waals surface area contributed by atoms with Crippen molar-refractivity contribution in [3.63, 3.8) is 0 Å². The lowest BCUT2D eigenvalue weighted by atomic mass is 9.92. The predicted octanol–water partition coefficient (Wildman–Crippen LogP) is 3.29. The molecule has 0 saturated heterocycles. The third-order valence-electron chi connectivity index (χ3n) is 5.66. The number of amides is 1. The molecule has 1 amide bonds. The molecule has 0 atom stereocenters. The molecule has 0 aromatic heterocycles.